The quantitative estimate of drug-likeness (QED) is 0.872. The van der Waals surface area contributed by atoms with Crippen LogP contribution in [0, 0.1) is 0 Å². The van der Waals surface area contributed by atoms with Crippen LogP contribution in [0.3, 0.4) is 0 Å². The predicted molar refractivity (Wildman–Crippen MR) is 82.1 cm³/mol. The predicted octanol–water partition coefficient (Wildman–Crippen LogP) is 3.84. The molecule has 1 aromatic carbocycles. The number of amides is 2. The second-order valence-electron chi connectivity index (χ2n) is 5.18. The number of nitrogens with zero attached hydrogens (tertiary/aromatic N) is 1. The maximum atomic E-state index is 12.2. The SMILES string of the molecule is O=C(O)c1cc(NC(=O)N2CCCCCCC2)ccc1Cl. The summed E-state index contributed by atoms with van der Waals surface area (Å²) in [5, 5.41) is 11.9. The van der Waals surface area contributed by atoms with Gasteiger partial charge in [0.05, 0.1) is 10.6 Å². The topological polar surface area (TPSA) is 69.6 Å². The Hall–Kier alpha value is -1.75. The van der Waals surface area contributed by atoms with Crippen LogP contribution in [-0.2, 0) is 0 Å². The molecule has 1 aliphatic heterocycles. The second kappa shape index (κ2) is 7.31. The van der Waals surface area contributed by atoms with Gasteiger partial charge >= 0.3 is 12.0 Å². The van der Waals surface area contributed by atoms with E-state index in [4.69, 9.17) is 16.7 Å². The van der Waals surface area contributed by atoms with E-state index in [0.29, 0.717) is 5.69 Å². The van der Waals surface area contributed by atoms with Gasteiger partial charge in [-0.2, -0.15) is 0 Å². The maximum Gasteiger partial charge on any atom is 0.337 e. The molecule has 0 aliphatic carbocycles. The minimum atomic E-state index is -1.11. The summed E-state index contributed by atoms with van der Waals surface area (Å²) < 4.78 is 0. The lowest BCUT2D eigenvalue weighted by Gasteiger charge is -2.25. The molecule has 5 nitrogen and oxygen atoms in total. The molecule has 2 N–H and O–H groups in total. The van der Waals surface area contributed by atoms with Crippen LogP contribution in [0.4, 0.5) is 10.5 Å². The van der Waals surface area contributed by atoms with Gasteiger partial charge < -0.3 is 15.3 Å². The van der Waals surface area contributed by atoms with Crippen molar-refractivity contribution >= 4 is 29.3 Å². The highest BCUT2D eigenvalue weighted by Gasteiger charge is 2.16. The number of hydrogen-bond donors (Lipinski definition) is 2. The Morgan fingerprint density at radius 3 is 2.33 bits per heavy atom. The monoisotopic (exact) mass is 310 g/mol. The number of carbonyl (C=O) groups is 2. The van der Waals surface area contributed by atoms with Gasteiger partial charge in [-0.25, -0.2) is 9.59 Å². The maximum absolute atomic E-state index is 12.2. The number of aromatic carboxylic acids is 1. The zero-order valence-electron chi connectivity index (χ0n) is 11.8. The summed E-state index contributed by atoms with van der Waals surface area (Å²) in [7, 11) is 0. The van der Waals surface area contributed by atoms with Gasteiger partial charge in [0, 0.05) is 18.8 Å². The first-order valence-corrected chi connectivity index (χ1v) is 7.54. The normalized spacial score (nSPS) is 16.0. The van der Waals surface area contributed by atoms with E-state index in [1.807, 2.05) is 0 Å². The summed E-state index contributed by atoms with van der Waals surface area (Å²) in [5.74, 6) is -1.11. The molecule has 1 heterocycles. The van der Waals surface area contributed by atoms with E-state index in [2.05, 4.69) is 5.32 Å². The minimum absolute atomic E-state index is 0.0119. The number of urea groups is 1. The first kappa shape index (κ1) is 15.6. The Kier molecular flexibility index (Phi) is 5.44. The standard InChI is InChI=1S/C15H19ClN2O3/c16-13-7-6-11(10-12(13)14(19)20)17-15(21)18-8-4-2-1-3-5-9-18/h6-7,10H,1-5,8-9H2,(H,17,21)(H,19,20). The number of carbonyl (C=O) groups excluding carboxylic acids is 1. The molecule has 0 unspecified atom stereocenters. The molecule has 1 saturated heterocycles. The van der Waals surface area contributed by atoms with Crippen LogP contribution in [0.25, 0.3) is 0 Å². The summed E-state index contributed by atoms with van der Waals surface area (Å²) in [5.41, 5.74) is 0.436. The molecule has 114 valence electrons. The van der Waals surface area contributed by atoms with E-state index >= 15 is 0 Å². The van der Waals surface area contributed by atoms with Gasteiger partial charge in [-0.05, 0) is 31.0 Å². The third-order valence-electron chi connectivity index (χ3n) is 3.59. The zero-order valence-corrected chi connectivity index (χ0v) is 12.5. The van der Waals surface area contributed by atoms with E-state index in [0.717, 1.165) is 38.8 Å². The average molecular weight is 311 g/mol. The van der Waals surface area contributed by atoms with Crippen molar-refractivity contribution in [1.29, 1.82) is 0 Å². The van der Waals surface area contributed by atoms with E-state index in [9.17, 15) is 9.59 Å². The summed E-state index contributed by atoms with van der Waals surface area (Å²) in [6.07, 6.45) is 5.54. The van der Waals surface area contributed by atoms with Crippen molar-refractivity contribution in [2.24, 2.45) is 0 Å². The molecule has 2 rings (SSSR count). The van der Waals surface area contributed by atoms with Crippen molar-refractivity contribution in [3.8, 4) is 0 Å². The first-order valence-electron chi connectivity index (χ1n) is 7.16. The molecule has 0 atom stereocenters. The molecular formula is C15H19ClN2O3. The molecule has 2 amide bonds. The molecule has 1 aliphatic rings. The van der Waals surface area contributed by atoms with Crippen molar-refractivity contribution in [2.75, 3.05) is 18.4 Å². The summed E-state index contributed by atoms with van der Waals surface area (Å²) in [4.78, 5) is 25.1. The van der Waals surface area contributed by atoms with Gasteiger partial charge in [0.25, 0.3) is 0 Å². The molecule has 0 bridgehead atoms. The minimum Gasteiger partial charge on any atom is -0.478 e. The molecule has 0 spiro atoms. The van der Waals surface area contributed by atoms with Crippen LogP contribution in [0.15, 0.2) is 18.2 Å². The Bertz CT molecular complexity index is 526. The Morgan fingerprint density at radius 2 is 1.71 bits per heavy atom. The molecule has 0 saturated carbocycles. The number of benzene rings is 1. The smallest absolute Gasteiger partial charge is 0.337 e. The number of rotatable bonds is 2. The highest BCUT2D eigenvalue weighted by molar-refractivity contribution is 6.33. The second-order valence-corrected chi connectivity index (χ2v) is 5.59. The lowest BCUT2D eigenvalue weighted by atomic mass is 10.1. The number of nitrogens with one attached hydrogen (secondary N) is 1. The van der Waals surface area contributed by atoms with E-state index in [1.165, 1.54) is 18.6 Å². The van der Waals surface area contributed by atoms with Gasteiger partial charge in [0.1, 0.15) is 0 Å². The summed E-state index contributed by atoms with van der Waals surface area (Å²) in [6.45, 7) is 1.48. The average Bonchev–Trinajstić information content (AvgIpc) is 2.40. The lowest BCUT2D eigenvalue weighted by Crippen LogP contribution is -2.37. The highest BCUT2D eigenvalue weighted by atomic mass is 35.5. The van der Waals surface area contributed by atoms with E-state index < -0.39 is 5.97 Å². The molecule has 0 aromatic heterocycles. The summed E-state index contributed by atoms with van der Waals surface area (Å²) >= 11 is 5.81. The van der Waals surface area contributed by atoms with Gasteiger partial charge in [0.15, 0.2) is 0 Å². The molecule has 1 aromatic rings. The van der Waals surface area contributed by atoms with Crippen molar-refractivity contribution in [3.05, 3.63) is 28.8 Å². The van der Waals surface area contributed by atoms with Gasteiger partial charge in [0.2, 0.25) is 0 Å². The van der Waals surface area contributed by atoms with Gasteiger partial charge in [-0.1, -0.05) is 30.9 Å². The van der Waals surface area contributed by atoms with Crippen LogP contribution in [-0.4, -0.2) is 35.1 Å². The number of anilines is 1. The molecular weight excluding hydrogens is 292 g/mol. The van der Waals surface area contributed by atoms with Crippen molar-refractivity contribution < 1.29 is 14.7 Å². The molecule has 21 heavy (non-hydrogen) atoms. The van der Waals surface area contributed by atoms with Gasteiger partial charge in [-0.15, -0.1) is 0 Å². The lowest BCUT2D eigenvalue weighted by molar-refractivity contribution is 0.0697. The fraction of sp³-hybridized carbons (Fsp3) is 0.467. The largest absolute Gasteiger partial charge is 0.478 e. The molecule has 6 heteroatoms. The fourth-order valence-electron chi connectivity index (χ4n) is 2.42. The Morgan fingerprint density at radius 1 is 1.10 bits per heavy atom. The summed E-state index contributed by atoms with van der Waals surface area (Å²) in [6, 6.07) is 4.28. The van der Waals surface area contributed by atoms with Gasteiger partial charge in [-0.3, -0.25) is 0 Å². The zero-order chi connectivity index (χ0) is 15.2. The number of halogens is 1. The fourth-order valence-corrected chi connectivity index (χ4v) is 2.62. The third kappa shape index (κ3) is 4.36. The van der Waals surface area contributed by atoms with Crippen molar-refractivity contribution in [1.82, 2.24) is 4.90 Å². The molecule has 1 fully saturated rings. The van der Waals surface area contributed by atoms with Crippen molar-refractivity contribution in [2.45, 2.75) is 32.1 Å². The van der Waals surface area contributed by atoms with Crippen LogP contribution < -0.4 is 5.32 Å². The first-order chi connectivity index (χ1) is 10.1. The van der Waals surface area contributed by atoms with Crippen LogP contribution in [0.5, 0.6) is 0 Å². The van der Waals surface area contributed by atoms with E-state index in [1.54, 1.807) is 11.0 Å². The van der Waals surface area contributed by atoms with E-state index in [-0.39, 0.29) is 16.6 Å². The van der Waals surface area contributed by atoms with Crippen molar-refractivity contribution in [3.63, 3.8) is 0 Å². The van der Waals surface area contributed by atoms with Crippen LogP contribution in [0.1, 0.15) is 42.5 Å². The number of hydrogen-bond acceptors (Lipinski definition) is 2. The number of carboxylic acids is 1. The third-order valence-corrected chi connectivity index (χ3v) is 3.92. The van der Waals surface area contributed by atoms with Crippen LogP contribution >= 0.6 is 11.6 Å². The number of likely N-dealkylation sites (tertiary alicyclic amines) is 1. The number of carboxylic acid groups (broad SMARTS) is 1. The highest BCUT2D eigenvalue weighted by Crippen LogP contribution is 2.21. The Labute approximate surface area is 128 Å². The van der Waals surface area contributed by atoms with Crippen LogP contribution in [0.2, 0.25) is 5.02 Å². The molecule has 0 radical (unpaired) electrons. The Balaban J connectivity index is 2.04.